The van der Waals surface area contributed by atoms with E-state index < -0.39 is 6.04 Å². The van der Waals surface area contributed by atoms with Crippen molar-refractivity contribution in [2.45, 2.75) is 59.2 Å². The topological polar surface area (TPSA) is 67.9 Å². The largest absolute Gasteiger partial charge is 0.497 e. The summed E-state index contributed by atoms with van der Waals surface area (Å²) in [4.78, 5) is 27.8. The third-order valence-electron chi connectivity index (χ3n) is 4.91. The Morgan fingerprint density at radius 3 is 2.19 bits per heavy atom. The van der Waals surface area contributed by atoms with Crippen molar-refractivity contribution in [1.82, 2.24) is 10.2 Å². The van der Waals surface area contributed by atoms with Crippen LogP contribution in [0.5, 0.6) is 11.5 Å². The molecule has 0 aliphatic heterocycles. The van der Waals surface area contributed by atoms with E-state index in [1.165, 1.54) is 0 Å². The van der Waals surface area contributed by atoms with Gasteiger partial charge in [-0.1, -0.05) is 31.2 Å². The molecule has 168 valence electrons. The smallest absolute Gasteiger partial charge is 0.261 e. The maximum absolute atomic E-state index is 13.2. The first-order valence-corrected chi connectivity index (χ1v) is 10.6. The first-order valence-electron chi connectivity index (χ1n) is 10.6. The maximum Gasteiger partial charge on any atom is 0.261 e. The van der Waals surface area contributed by atoms with E-state index in [1.54, 1.807) is 36.3 Å². The van der Waals surface area contributed by atoms with E-state index in [2.05, 4.69) is 5.32 Å². The van der Waals surface area contributed by atoms with Gasteiger partial charge in [-0.2, -0.15) is 0 Å². The normalized spacial score (nSPS) is 12.1. The van der Waals surface area contributed by atoms with Crippen molar-refractivity contribution in [3.05, 3.63) is 59.7 Å². The zero-order valence-corrected chi connectivity index (χ0v) is 19.4. The van der Waals surface area contributed by atoms with Gasteiger partial charge in [-0.15, -0.1) is 0 Å². The van der Waals surface area contributed by atoms with Gasteiger partial charge in [0.2, 0.25) is 5.91 Å². The molecule has 0 spiro atoms. The molecule has 1 atom stereocenters. The number of benzene rings is 2. The molecule has 1 unspecified atom stereocenters. The average molecular weight is 427 g/mol. The molecule has 2 amide bonds. The first kappa shape index (κ1) is 24.3. The van der Waals surface area contributed by atoms with E-state index in [1.807, 2.05) is 58.9 Å². The molecule has 0 radical (unpaired) electrons. The summed E-state index contributed by atoms with van der Waals surface area (Å²) in [5.74, 6) is 0.873. The molecule has 0 bridgehead atoms. The standard InChI is InChI=1S/C25H34N2O4/c1-7-22(24(29)26-25(3,4)5)27(16-19-11-9-8-10-18(19)2)23(28)17-31-21-14-12-20(30-6)13-15-21/h8-15,22H,7,16-17H2,1-6H3,(H,26,29). The quantitative estimate of drug-likeness (QED) is 0.655. The molecule has 0 saturated carbocycles. The molecule has 1 N–H and O–H groups in total. The molecule has 0 aliphatic rings. The second-order valence-corrected chi connectivity index (χ2v) is 8.58. The van der Waals surface area contributed by atoms with Gasteiger partial charge in [-0.3, -0.25) is 9.59 Å². The number of amides is 2. The first-order chi connectivity index (χ1) is 14.6. The highest BCUT2D eigenvalue weighted by atomic mass is 16.5. The second kappa shape index (κ2) is 10.8. The minimum atomic E-state index is -0.592. The highest BCUT2D eigenvalue weighted by Gasteiger charge is 2.31. The summed E-state index contributed by atoms with van der Waals surface area (Å²) in [5.41, 5.74) is 1.69. The number of carbonyl (C=O) groups is 2. The number of nitrogens with one attached hydrogen (secondary N) is 1. The lowest BCUT2D eigenvalue weighted by Crippen LogP contribution is -2.54. The van der Waals surface area contributed by atoms with E-state index in [0.29, 0.717) is 24.5 Å². The van der Waals surface area contributed by atoms with E-state index in [4.69, 9.17) is 9.47 Å². The summed E-state index contributed by atoms with van der Waals surface area (Å²) < 4.78 is 10.9. The predicted octanol–water partition coefficient (Wildman–Crippen LogP) is 4.10. The molecular formula is C25H34N2O4. The number of aryl methyl sites for hydroxylation is 1. The lowest BCUT2D eigenvalue weighted by molar-refractivity contribution is -0.143. The number of ether oxygens (including phenoxy) is 2. The molecule has 2 aromatic carbocycles. The van der Waals surface area contributed by atoms with Crippen LogP contribution in [0.25, 0.3) is 0 Å². The van der Waals surface area contributed by atoms with Crippen LogP contribution in [-0.4, -0.2) is 42.0 Å². The predicted molar refractivity (Wildman–Crippen MR) is 122 cm³/mol. The van der Waals surface area contributed by atoms with Gasteiger partial charge in [-0.05, 0) is 69.5 Å². The van der Waals surface area contributed by atoms with Gasteiger partial charge in [0.05, 0.1) is 7.11 Å². The highest BCUT2D eigenvalue weighted by Crippen LogP contribution is 2.19. The van der Waals surface area contributed by atoms with Crippen LogP contribution in [0.15, 0.2) is 48.5 Å². The molecule has 0 heterocycles. The van der Waals surface area contributed by atoms with Crippen LogP contribution >= 0.6 is 0 Å². The summed E-state index contributed by atoms with van der Waals surface area (Å²) >= 11 is 0. The molecule has 6 nitrogen and oxygen atoms in total. The van der Waals surface area contributed by atoms with Crippen LogP contribution in [0.1, 0.15) is 45.2 Å². The van der Waals surface area contributed by atoms with Gasteiger partial charge in [0.25, 0.3) is 5.91 Å². The van der Waals surface area contributed by atoms with Gasteiger partial charge in [0.15, 0.2) is 6.61 Å². The number of carbonyl (C=O) groups excluding carboxylic acids is 2. The van der Waals surface area contributed by atoms with Crippen molar-refractivity contribution >= 4 is 11.8 Å². The van der Waals surface area contributed by atoms with Crippen molar-refractivity contribution in [3.8, 4) is 11.5 Å². The van der Waals surface area contributed by atoms with Crippen molar-refractivity contribution in [2.24, 2.45) is 0 Å². The van der Waals surface area contributed by atoms with Gasteiger partial charge in [0.1, 0.15) is 17.5 Å². The highest BCUT2D eigenvalue weighted by molar-refractivity contribution is 5.88. The molecule has 0 fully saturated rings. The Morgan fingerprint density at radius 2 is 1.65 bits per heavy atom. The lowest BCUT2D eigenvalue weighted by Gasteiger charge is -2.33. The van der Waals surface area contributed by atoms with Crippen LogP contribution in [0.3, 0.4) is 0 Å². The second-order valence-electron chi connectivity index (χ2n) is 8.58. The fourth-order valence-electron chi connectivity index (χ4n) is 3.24. The van der Waals surface area contributed by atoms with Crippen LogP contribution in [0, 0.1) is 6.92 Å². The van der Waals surface area contributed by atoms with Crippen LogP contribution in [0.4, 0.5) is 0 Å². The third kappa shape index (κ3) is 7.31. The minimum Gasteiger partial charge on any atom is -0.497 e. The molecular weight excluding hydrogens is 392 g/mol. The molecule has 0 aromatic heterocycles. The zero-order chi connectivity index (χ0) is 23.0. The van der Waals surface area contributed by atoms with Crippen LogP contribution in [0.2, 0.25) is 0 Å². The van der Waals surface area contributed by atoms with E-state index >= 15 is 0 Å². The summed E-state index contributed by atoms with van der Waals surface area (Å²) in [6, 6.07) is 14.3. The number of hydrogen-bond acceptors (Lipinski definition) is 4. The Balaban J connectivity index is 2.22. The van der Waals surface area contributed by atoms with E-state index in [9.17, 15) is 9.59 Å². The van der Waals surface area contributed by atoms with Crippen molar-refractivity contribution < 1.29 is 19.1 Å². The molecule has 2 rings (SSSR count). The average Bonchev–Trinajstić information content (AvgIpc) is 2.72. The fourth-order valence-corrected chi connectivity index (χ4v) is 3.24. The maximum atomic E-state index is 13.2. The monoisotopic (exact) mass is 426 g/mol. The van der Waals surface area contributed by atoms with Crippen LogP contribution < -0.4 is 14.8 Å². The molecule has 0 aliphatic carbocycles. The summed E-state index contributed by atoms with van der Waals surface area (Å²) in [7, 11) is 1.59. The Labute approximate surface area is 185 Å². The Hall–Kier alpha value is -3.02. The molecule has 31 heavy (non-hydrogen) atoms. The third-order valence-corrected chi connectivity index (χ3v) is 4.91. The minimum absolute atomic E-state index is 0.155. The molecule has 6 heteroatoms. The van der Waals surface area contributed by atoms with E-state index in [-0.39, 0.29) is 24.0 Å². The zero-order valence-electron chi connectivity index (χ0n) is 19.4. The Kier molecular flexibility index (Phi) is 8.48. The van der Waals surface area contributed by atoms with Crippen LogP contribution in [-0.2, 0) is 16.1 Å². The number of rotatable bonds is 9. The summed E-state index contributed by atoms with van der Waals surface area (Å²) in [6.07, 6.45) is 0.502. The Morgan fingerprint density at radius 1 is 1.03 bits per heavy atom. The number of nitrogens with zero attached hydrogens (tertiary/aromatic N) is 1. The number of hydrogen-bond donors (Lipinski definition) is 1. The lowest BCUT2D eigenvalue weighted by atomic mass is 10.0. The van der Waals surface area contributed by atoms with Gasteiger partial charge in [-0.25, -0.2) is 0 Å². The van der Waals surface area contributed by atoms with Crippen molar-refractivity contribution in [1.29, 1.82) is 0 Å². The Bertz CT molecular complexity index is 872. The number of methoxy groups -OCH3 is 1. The SMILES string of the molecule is CCC(C(=O)NC(C)(C)C)N(Cc1ccccc1C)C(=O)COc1ccc(OC)cc1. The molecule has 2 aromatic rings. The summed E-state index contributed by atoms with van der Waals surface area (Å²) in [5, 5.41) is 3.00. The van der Waals surface area contributed by atoms with E-state index in [0.717, 1.165) is 11.1 Å². The summed E-state index contributed by atoms with van der Waals surface area (Å²) in [6.45, 7) is 9.89. The van der Waals surface area contributed by atoms with Gasteiger partial charge >= 0.3 is 0 Å². The van der Waals surface area contributed by atoms with Gasteiger partial charge in [0, 0.05) is 12.1 Å². The van der Waals surface area contributed by atoms with Crippen molar-refractivity contribution in [3.63, 3.8) is 0 Å². The van der Waals surface area contributed by atoms with Gasteiger partial charge < -0.3 is 19.7 Å². The fraction of sp³-hybridized carbons (Fsp3) is 0.440. The van der Waals surface area contributed by atoms with Crippen molar-refractivity contribution in [2.75, 3.05) is 13.7 Å². The molecule has 0 saturated heterocycles.